The average Bonchev–Trinajstić information content (AvgIpc) is 2.43. The summed E-state index contributed by atoms with van der Waals surface area (Å²) < 4.78 is 22.4. The molecule has 0 fully saturated rings. The van der Waals surface area contributed by atoms with Gasteiger partial charge < -0.3 is 5.32 Å². The molecule has 1 aromatic carbocycles. The second kappa shape index (κ2) is 7.53. The molecule has 0 saturated carbocycles. The fraction of sp³-hybridized carbons (Fsp3) is 0.500. The first kappa shape index (κ1) is 17.6. The molecular formula is C14H23N3O3S. The first-order chi connectivity index (χ1) is 9.75. The zero-order chi connectivity index (χ0) is 16.0. The Kier molecular flexibility index (Phi) is 6.32. The van der Waals surface area contributed by atoms with Gasteiger partial charge in [-0.3, -0.25) is 10.1 Å². The van der Waals surface area contributed by atoms with Crippen molar-refractivity contribution in [3.05, 3.63) is 29.8 Å². The fourth-order valence-electron chi connectivity index (χ4n) is 1.89. The molecule has 7 heteroatoms. The van der Waals surface area contributed by atoms with Crippen LogP contribution in [0.3, 0.4) is 0 Å². The third kappa shape index (κ3) is 5.45. The van der Waals surface area contributed by atoms with Crippen molar-refractivity contribution in [2.24, 2.45) is 5.14 Å². The summed E-state index contributed by atoms with van der Waals surface area (Å²) in [5.74, 6) is -0.0511. The molecule has 0 aromatic heterocycles. The number of hydrogen-bond acceptors (Lipinski definition) is 4. The summed E-state index contributed by atoms with van der Waals surface area (Å²) in [4.78, 5) is 11.9. The van der Waals surface area contributed by atoms with Crippen molar-refractivity contribution in [1.82, 2.24) is 10.6 Å². The van der Waals surface area contributed by atoms with Crippen LogP contribution in [0.4, 0.5) is 0 Å². The Morgan fingerprint density at radius 3 is 2.29 bits per heavy atom. The number of nitrogens with one attached hydrogen (secondary N) is 2. The maximum atomic E-state index is 11.8. The molecule has 0 aliphatic heterocycles. The van der Waals surface area contributed by atoms with Crippen molar-refractivity contribution in [3.8, 4) is 0 Å². The molecule has 0 aliphatic carbocycles. The summed E-state index contributed by atoms with van der Waals surface area (Å²) in [6, 6.07) is 5.89. The predicted molar refractivity (Wildman–Crippen MR) is 82.1 cm³/mol. The normalized spacial score (nSPS) is 14.5. The number of benzene rings is 1. The quantitative estimate of drug-likeness (QED) is 0.696. The standard InChI is InChI=1S/C14H23N3O3S/c1-4-9-16-14(18)11(3)17-10(2)12-5-7-13(8-6-12)21(15,19)20/h5-8,10-11,17H,4,9H2,1-3H3,(H,16,18)(H2,15,19,20). The highest BCUT2D eigenvalue weighted by atomic mass is 32.2. The third-order valence-corrected chi connectivity index (χ3v) is 4.08. The number of nitrogens with two attached hydrogens (primary N) is 1. The van der Waals surface area contributed by atoms with E-state index in [2.05, 4.69) is 10.6 Å². The number of carbonyl (C=O) groups is 1. The molecule has 0 aliphatic rings. The van der Waals surface area contributed by atoms with E-state index in [9.17, 15) is 13.2 Å². The lowest BCUT2D eigenvalue weighted by atomic mass is 10.1. The Labute approximate surface area is 126 Å². The van der Waals surface area contributed by atoms with E-state index in [-0.39, 0.29) is 22.9 Å². The van der Waals surface area contributed by atoms with Crippen LogP contribution in [-0.4, -0.2) is 26.9 Å². The van der Waals surface area contributed by atoms with Gasteiger partial charge in [0, 0.05) is 12.6 Å². The Bertz CT molecular complexity index is 570. The highest BCUT2D eigenvalue weighted by Gasteiger charge is 2.16. The second-order valence-corrected chi connectivity index (χ2v) is 6.58. The monoisotopic (exact) mass is 313 g/mol. The fourth-order valence-corrected chi connectivity index (χ4v) is 2.41. The maximum absolute atomic E-state index is 11.8. The van der Waals surface area contributed by atoms with E-state index in [1.165, 1.54) is 12.1 Å². The second-order valence-electron chi connectivity index (χ2n) is 5.02. The molecule has 0 heterocycles. The maximum Gasteiger partial charge on any atom is 0.238 e. The van der Waals surface area contributed by atoms with Gasteiger partial charge in [0.25, 0.3) is 0 Å². The summed E-state index contributed by atoms with van der Waals surface area (Å²) in [6.07, 6.45) is 0.892. The van der Waals surface area contributed by atoms with Crippen LogP contribution in [0.15, 0.2) is 29.2 Å². The molecule has 1 rings (SSSR count). The SMILES string of the molecule is CCCNC(=O)C(C)NC(C)c1ccc(S(N)(=O)=O)cc1. The number of hydrogen-bond donors (Lipinski definition) is 3. The van der Waals surface area contributed by atoms with Crippen molar-refractivity contribution >= 4 is 15.9 Å². The number of amides is 1. The van der Waals surface area contributed by atoms with Crippen LogP contribution in [0.25, 0.3) is 0 Å². The zero-order valence-electron chi connectivity index (χ0n) is 12.6. The lowest BCUT2D eigenvalue weighted by Crippen LogP contribution is -2.43. The van der Waals surface area contributed by atoms with E-state index in [1.54, 1.807) is 19.1 Å². The molecule has 2 unspecified atom stereocenters. The predicted octanol–water partition coefficient (Wildman–Crippen LogP) is 0.899. The molecular weight excluding hydrogens is 290 g/mol. The van der Waals surface area contributed by atoms with Gasteiger partial charge in [-0.25, -0.2) is 13.6 Å². The molecule has 6 nitrogen and oxygen atoms in total. The molecule has 0 radical (unpaired) electrons. The first-order valence-electron chi connectivity index (χ1n) is 6.92. The minimum atomic E-state index is -3.68. The smallest absolute Gasteiger partial charge is 0.238 e. The average molecular weight is 313 g/mol. The van der Waals surface area contributed by atoms with Gasteiger partial charge in [0.15, 0.2) is 0 Å². The number of sulfonamides is 1. The van der Waals surface area contributed by atoms with E-state index in [4.69, 9.17) is 5.14 Å². The van der Waals surface area contributed by atoms with Crippen molar-refractivity contribution in [2.75, 3.05) is 6.54 Å². The molecule has 2 atom stereocenters. The molecule has 0 spiro atoms. The van der Waals surface area contributed by atoms with Gasteiger partial charge in [-0.15, -0.1) is 0 Å². The molecule has 21 heavy (non-hydrogen) atoms. The van der Waals surface area contributed by atoms with Crippen LogP contribution in [0.5, 0.6) is 0 Å². The number of rotatable bonds is 7. The van der Waals surface area contributed by atoms with Crippen LogP contribution < -0.4 is 15.8 Å². The molecule has 4 N–H and O–H groups in total. The van der Waals surface area contributed by atoms with Crippen LogP contribution in [-0.2, 0) is 14.8 Å². The Morgan fingerprint density at radius 1 is 1.24 bits per heavy atom. The van der Waals surface area contributed by atoms with Gasteiger partial charge in [0.1, 0.15) is 0 Å². The van der Waals surface area contributed by atoms with E-state index in [1.807, 2.05) is 13.8 Å². The highest BCUT2D eigenvalue weighted by molar-refractivity contribution is 7.89. The van der Waals surface area contributed by atoms with Crippen LogP contribution >= 0.6 is 0 Å². The third-order valence-electron chi connectivity index (χ3n) is 3.15. The molecule has 0 saturated heterocycles. The topological polar surface area (TPSA) is 101 Å². The van der Waals surface area contributed by atoms with Gasteiger partial charge in [-0.2, -0.15) is 0 Å². The minimum absolute atomic E-state index is 0.0511. The Balaban J connectivity index is 2.67. The van der Waals surface area contributed by atoms with Crippen molar-refractivity contribution in [1.29, 1.82) is 0 Å². The highest BCUT2D eigenvalue weighted by Crippen LogP contribution is 2.16. The van der Waals surface area contributed by atoms with Crippen molar-refractivity contribution < 1.29 is 13.2 Å². The molecule has 118 valence electrons. The van der Waals surface area contributed by atoms with Crippen LogP contribution in [0, 0.1) is 0 Å². The molecule has 0 bridgehead atoms. The first-order valence-corrected chi connectivity index (χ1v) is 8.47. The molecule has 1 aromatic rings. The van der Waals surface area contributed by atoms with Crippen molar-refractivity contribution in [3.63, 3.8) is 0 Å². The minimum Gasteiger partial charge on any atom is -0.355 e. The summed E-state index contributed by atoms with van der Waals surface area (Å²) >= 11 is 0. The lowest BCUT2D eigenvalue weighted by molar-refractivity contribution is -0.122. The molecule has 1 amide bonds. The zero-order valence-corrected chi connectivity index (χ0v) is 13.4. The van der Waals surface area contributed by atoms with E-state index >= 15 is 0 Å². The summed E-state index contributed by atoms with van der Waals surface area (Å²) in [5.41, 5.74) is 0.887. The van der Waals surface area contributed by atoms with Gasteiger partial charge in [-0.05, 0) is 38.0 Å². The largest absolute Gasteiger partial charge is 0.355 e. The summed E-state index contributed by atoms with van der Waals surface area (Å²) in [5, 5.41) is 11.0. The Morgan fingerprint density at radius 2 is 1.81 bits per heavy atom. The summed E-state index contributed by atoms with van der Waals surface area (Å²) in [7, 11) is -3.68. The lowest BCUT2D eigenvalue weighted by Gasteiger charge is -2.20. The van der Waals surface area contributed by atoms with Gasteiger partial charge in [0.05, 0.1) is 10.9 Å². The Hall–Kier alpha value is -1.44. The van der Waals surface area contributed by atoms with Gasteiger partial charge in [0.2, 0.25) is 15.9 Å². The number of primary sulfonamides is 1. The van der Waals surface area contributed by atoms with Gasteiger partial charge >= 0.3 is 0 Å². The van der Waals surface area contributed by atoms with Crippen molar-refractivity contribution in [2.45, 2.75) is 44.2 Å². The van der Waals surface area contributed by atoms with E-state index in [0.29, 0.717) is 6.54 Å². The van der Waals surface area contributed by atoms with Crippen LogP contribution in [0.1, 0.15) is 38.8 Å². The van der Waals surface area contributed by atoms with E-state index < -0.39 is 10.0 Å². The summed E-state index contributed by atoms with van der Waals surface area (Å²) in [6.45, 7) is 6.35. The van der Waals surface area contributed by atoms with Gasteiger partial charge in [-0.1, -0.05) is 19.1 Å². The van der Waals surface area contributed by atoms with Crippen LogP contribution in [0.2, 0.25) is 0 Å². The number of carbonyl (C=O) groups excluding carboxylic acids is 1. The van der Waals surface area contributed by atoms with E-state index in [0.717, 1.165) is 12.0 Å².